The zero-order valence-corrected chi connectivity index (χ0v) is 12.1. The molecule has 0 amide bonds. The van der Waals surface area contributed by atoms with Gasteiger partial charge in [0, 0.05) is 23.5 Å². The van der Waals surface area contributed by atoms with Crippen molar-refractivity contribution >= 4 is 23.2 Å². The highest BCUT2D eigenvalue weighted by Gasteiger charge is 2.19. The van der Waals surface area contributed by atoms with E-state index < -0.39 is 6.10 Å². The molecule has 0 bridgehead atoms. The first-order chi connectivity index (χ1) is 9.02. The van der Waals surface area contributed by atoms with Crippen LogP contribution in [0.25, 0.3) is 0 Å². The average molecular weight is 301 g/mol. The lowest BCUT2D eigenvalue weighted by Gasteiger charge is -2.14. The molecule has 1 aromatic heterocycles. The summed E-state index contributed by atoms with van der Waals surface area (Å²) < 4.78 is 6.77. The Bertz CT molecular complexity index is 584. The molecule has 102 valence electrons. The van der Waals surface area contributed by atoms with Crippen LogP contribution in [-0.2, 0) is 13.5 Å². The van der Waals surface area contributed by atoms with Crippen LogP contribution in [0.15, 0.2) is 24.4 Å². The summed E-state index contributed by atoms with van der Waals surface area (Å²) in [5.74, 6) is 0.556. The molecule has 0 fully saturated rings. The minimum absolute atomic E-state index is 0.367. The highest BCUT2D eigenvalue weighted by atomic mass is 35.5. The molecular formula is C13H14Cl2N2O2. The van der Waals surface area contributed by atoms with Crippen molar-refractivity contribution in [3.05, 3.63) is 45.7 Å². The van der Waals surface area contributed by atoms with Gasteiger partial charge in [0.15, 0.2) is 5.75 Å². The minimum atomic E-state index is -0.749. The SMILES string of the molecule is COc1cnn(C)c1C(O)Cc1ccc(Cl)cc1Cl. The summed E-state index contributed by atoms with van der Waals surface area (Å²) in [6.07, 6.45) is 1.19. The first-order valence-corrected chi connectivity index (χ1v) is 6.46. The lowest BCUT2D eigenvalue weighted by Crippen LogP contribution is -2.09. The summed E-state index contributed by atoms with van der Waals surface area (Å²) in [6.45, 7) is 0. The summed E-state index contributed by atoms with van der Waals surface area (Å²) in [5.41, 5.74) is 1.44. The molecule has 0 saturated heterocycles. The van der Waals surface area contributed by atoms with Crippen molar-refractivity contribution in [1.29, 1.82) is 0 Å². The van der Waals surface area contributed by atoms with E-state index in [0.717, 1.165) is 5.56 Å². The number of nitrogens with zero attached hydrogens (tertiary/aromatic N) is 2. The number of methoxy groups -OCH3 is 1. The van der Waals surface area contributed by atoms with Gasteiger partial charge in [-0.25, -0.2) is 0 Å². The Hall–Kier alpha value is -1.23. The van der Waals surface area contributed by atoms with Crippen LogP contribution in [0.4, 0.5) is 0 Å². The van der Waals surface area contributed by atoms with Crippen LogP contribution in [0.2, 0.25) is 10.0 Å². The van der Waals surface area contributed by atoms with Crippen LogP contribution in [0, 0.1) is 0 Å². The zero-order valence-electron chi connectivity index (χ0n) is 10.6. The van der Waals surface area contributed by atoms with Gasteiger partial charge in [0.25, 0.3) is 0 Å². The maximum atomic E-state index is 10.3. The van der Waals surface area contributed by atoms with Crippen molar-refractivity contribution in [3.8, 4) is 5.75 Å². The van der Waals surface area contributed by atoms with Gasteiger partial charge in [-0.05, 0) is 17.7 Å². The number of hydrogen-bond acceptors (Lipinski definition) is 3. The minimum Gasteiger partial charge on any atom is -0.493 e. The summed E-state index contributed by atoms with van der Waals surface area (Å²) in [5, 5.41) is 15.5. The average Bonchev–Trinajstić information content (AvgIpc) is 2.74. The Balaban J connectivity index is 2.25. The van der Waals surface area contributed by atoms with E-state index in [0.29, 0.717) is 27.9 Å². The van der Waals surface area contributed by atoms with Gasteiger partial charge in [0.1, 0.15) is 11.8 Å². The van der Waals surface area contributed by atoms with E-state index in [2.05, 4.69) is 5.10 Å². The Morgan fingerprint density at radius 2 is 2.16 bits per heavy atom. The van der Waals surface area contributed by atoms with E-state index in [1.54, 1.807) is 43.2 Å². The van der Waals surface area contributed by atoms with Crippen LogP contribution >= 0.6 is 23.2 Å². The normalized spacial score (nSPS) is 12.5. The number of ether oxygens (including phenoxy) is 1. The molecule has 0 spiro atoms. The van der Waals surface area contributed by atoms with Gasteiger partial charge in [0.05, 0.1) is 13.3 Å². The van der Waals surface area contributed by atoms with Crippen LogP contribution in [-0.4, -0.2) is 22.0 Å². The lowest BCUT2D eigenvalue weighted by molar-refractivity contribution is 0.164. The molecule has 0 radical (unpaired) electrons. The van der Waals surface area contributed by atoms with E-state index >= 15 is 0 Å². The number of hydrogen-bond donors (Lipinski definition) is 1. The molecule has 0 aliphatic carbocycles. The lowest BCUT2D eigenvalue weighted by atomic mass is 10.1. The maximum absolute atomic E-state index is 10.3. The standard InChI is InChI=1S/C13H14Cl2N2O2/c1-17-13(12(19-2)7-16-17)11(18)5-8-3-4-9(14)6-10(8)15/h3-4,6-7,11,18H,5H2,1-2H3. The van der Waals surface area contributed by atoms with Crippen LogP contribution in [0.5, 0.6) is 5.75 Å². The van der Waals surface area contributed by atoms with Crippen molar-refractivity contribution in [2.75, 3.05) is 7.11 Å². The largest absolute Gasteiger partial charge is 0.493 e. The number of rotatable bonds is 4. The van der Waals surface area contributed by atoms with Gasteiger partial charge in [-0.2, -0.15) is 5.10 Å². The van der Waals surface area contributed by atoms with Crippen LogP contribution in [0.3, 0.4) is 0 Å². The molecule has 1 atom stereocenters. The highest BCUT2D eigenvalue weighted by molar-refractivity contribution is 6.35. The third-order valence-electron chi connectivity index (χ3n) is 2.91. The molecule has 1 N–H and O–H groups in total. The summed E-state index contributed by atoms with van der Waals surface area (Å²) in [6, 6.07) is 5.21. The maximum Gasteiger partial charge on any atom is 0.162 e. The summed E-state index contributed by atoms with van der Waals surface area (Å²) in [4.78, 5) is 0. The monoisotopic (exact) mass is 300 g/mol. The van der Waals surface area contributed by atoms with Crippen molar-refractivity contribution in [1.82, 2.24) is 9.78 Å². The number of aromatic nitrogens is 2. The molecule has 0 aliphatic heterocycles. The van der Waals surface area contributed by atoms with Crippen molar-refractivity contribution < 1.29 is 9.84 Å². The van der Waals surface area contributed by atoms with Gasteiger partial charge < -0.3 is 9.84 Å². The van der Waals surface area contributed by atoms with E-state index in [4.69, 9.17) is 27.9 Å². The number of benzene rings is 1. The molecule has 1 unspecified atom stereocenters. The fourth-order valence-electron chi connectivity index (χ4n) is 1.96. The second kappa shape index (κ2) is 5.82. The Morgan fingerprint density at radius 3 is 2.79 bits per heavy atom. The van der Waals surface area contributed by atoms with Gasteiger partial charge in [-0.1, -0.05) is 29.3 Å². The smallest absolute Gasteiger partial charge is 0.162 e. The third-order valence-corrected chi connectivity index (χ3v) is 3.50. The van der Waals surface area contributed by atoms with Crippen molar-refractivity contribution in [3.63, 3.8) is 0 Å². The molecule has 6 heteroatoms. The number of aliphatic hydroxyl groups is 1. The fourth-order valence-corrected chi connectivity index (χ4v) is 2.44. The summed E-state index contributed by atoms with van der Waals surface area (Å²) >= 11 is 11.9. The molecule has 4 nitrogen and oxygen atoms in total. The predicted octanol–water partition coefficient (Wildman–Crippen LogP) is 3.01. The number of aryl methyl sites for hydroxylation is 1. The van der Waals surface area contributed by atoms with E-state index in [1.165, 1.54) is 0 Å². The molecule has 1 heterocycles. The van der Waals surface area contributed by atoms with Crippen molar-refractivity contribution in [2.45, 2.75) is 12.5 Å². The quantitative estimate of drug-likeness (QED) is 0.944. The Labute approximate surface area is 121 Å². The molecular weight excluding hydrogens is 287 g/mol. The topological polar surface area (TPSA) is 47.3 Å². The number of aliphatic hydroxyl groups excluding tert-OH is 1. The van der Waals surface area contributed by atoms with Crippen LogP contribution in [0.1, 0.15) is 17.4 Å². The van der Waals surface area contributed by atoms with Crippen LogP contribution < -0.4 is 4.74 Å². The van der Waals surface area contributed by atoms with E-state index in [9.17, 15) is 5.11 Å². The molecule has 2 aromatic rings. The first kappa shape index (κ1) is 14.2. The van der Waals surface area contributed by atoms with Gasteiger partial charge in [-0.3, -0.25) is 4.68 Å². The second-order valence-electron chi connectivity index (χ2n) is 4.18. The predicted molar refractivity (Wildman–Crippen MR) is 74.9 cm³/mol. The third kappa shape index (κ3) is 3.03. The van der Waals surface area contributed by atoms with E-state index in [1.807, 2.05) is 0 Å². The van der Waals surface area contributed by atoms with Gasteiger partial charge in [0.2, 0.25) is 0 Å². The molecule has 2 rings (SSSR count). The van der Waals surface area contributed by atoms with Gasteiger partial charge in [-0.15, -0.1) is 0 Å². The van der Waals surface area contributed by atoms with Gasteiger partial charge >= 0.3 is 0 Å². The Kier molecular flexibility index (Phi) is 4.34. The van der Waals surface area contributed by atoms with Crippen molar-refractivity contribution in [2.24, 2.45) is 7.05 Å². The molecule has 0 aliphatic rings. The molecule has 1 aromatic carbocycles. The Morgan fingerprint density at radius 1 is 1.42 bits per heavy atom. The zero-order chi connectivity index (χ0) is 14.0. The second-order valence-corrected chi connectivity index (χ2v) is 5.02. The highest BCUT2D eigenvalue weighted by Crippen LogP contribution is 2.30. The summed E-state index contributed by atoms with van der Waals surface area (Å²) in [7, 11) is 3.30. The molecule has 0 saturated carbocycles. The molecule has 19 heavy (non-hydrogen) atoms. The van der Waals surface area contributed by atoms with E-state index in [-0.39, 0.29) is 0 Å². The fraction of sp³-hybridized carbons (Fsp3) is 0.308. The number of halogens is 2. The first-order valence-electron chi connectivity index (χ1n) is 5.70.